The Hall–Kier alpha value is -3.33. The first-order valence-corrected chi connectivity index (χ1v) is 8.96. The molecular formula is C19H15ClF2N6O. The number of hydrogen-bond acceptors (Lipinski definition) is 5. The second-order valence-electron chi connectivity index (χ2n) is 6.55. The fourth-order valence-electron chi connectivity index (χ4n) is 3.20. The van der Waals surface area contributed by atoms with E-state index in [1.807, 2.05) is 0 Å². The molecule has 3 aromatic rings. The van der Waals surface area contributed by atoms with Crippen LogP contribution in [0.15, 0.2) is 53.8 Å². The van der Waals surface area contributed by atoms with Crippen molar-refractivity contribution in [3.8, 4) is 0 Å². The van der Waals surface area contributed by atoms with Gasteiger partial charge in [0.15, 0.2) is 11.7 Å². The number of hydrogen-bond donors (Lipinski definition) is 2. The predicted octanol–water partition coefficient (Wildman–Crippen LogP) is 2.91. The van der Waals surface area contributed by atoms with E-state index in [2.05, 4.69) is 20.3 Å². The van der Waals surface area contributed by atoms with Crippen molar-refractivity contribution in [3.05, 3.63) is 76.8 Å². The Balaban J connectivity index is 1.64. The zero-order valence-corrected chi connectivity index (χ0v) is 15.7. The number of carbonyl (C=O) groups is 1. The summed E-state index contributed by atoms with van der Waals surface area (Å²) >= 11 is 5.59. The number of amidine groups is 1. The van der Waals surface area contributed by atoms with Gasteiger partial charge < -0.3 is 15.6 Å². The molecule has 0 spiro atoms. The molecule has 1 aliphatic rings. The molecule has 1 amide bonds. The second-order valence-corrected chi connectivity index (χ2v) is 6.95. The molecule has 148 valence electrons. The number of aliphatic imine (C=N–C) groups is 1. The lowest BCUT2D eigenvalue weighted by molar-refractivity contribution is 0.102. The largest absolute Gasteiger partial charge is 0.381 e. The number of nitrogens with two attached hydrogens (primary N) is 1. The van der Waals surface area contributed by atoms with Crippen LogP contribution in [0.5, 0.6) is 0 Å². The van der Waals surface area contributed by atoms with Gasteiger partial charge in [0.1, 0.15) is 17.9 Å². The average Bonchev–Trinajstić information content (AvgIpc) is 3.19. The maximum atomic E-state index is 14.2. The van der Waals surface area contributed by atoms with E-state index in [1.54, 1.807) is 41.2 Å². The molecule has 0 saturated heterocycles. The number of benzene rings is 1. The van der Waals surface area contributed by atoms with E-state index in [-0.39, 0.29) is 23.1 Å². The zero-order valence-electron chi connectivity index (χ0n) is 14.9. The van der Waals surface area contributed by atoms with Crippen molar-refractivity contribution < 1.29 is 13.6 Å². The number of rotatable bonds is 4. The van der Waals surface area contributed by atoms with Gasteiger partial charge in [0.2, 0.25) is 5.95 Å². The van der Waals surface area contributed by atoms with Crippen molar-refractivity contribution in [1.29, 1.82) is 0 Å². The molecule has 3 heterocycles. The molecule has 0 radical (unpaired) electrons. The van der Waals surface area contributed by atoms with Crippen molar-refractivity contribution in [2.75, 3.05) is 12.0 Å². The highest BCUT2D eigenvalue weighted by atomic mass is 35.5. The number of imidazole rings is 1. The summed E-state index contributed by atoms with van der Waals surface area (Å²) in [4.78, 5) is 24.4. The minimum Gasteiger partial charge on any atom is -0.381 e. The fraction of sp³-hybridized carbons (Fsp3) is 0.158. The highest BCUT2D eigenvalue weighted by molar-refractivity contribution is 6.30. The quantitative estimate of drug-likeness (QED) is 0.639. The Kier molecular flexibility index (Phi) is 4.75. The smallest absolute Gasteiger partial charge is 0.274 e. The third-order valence-electron chi connectivity index (χ3n) is 4.63. The molecule has 0 aliphatic carbocycles. The van der Waals surface area contributed by atoms with E-state index in [0.29, 0.717) is 17.1 Å². The Morgan fingerprint density at radius 2 is 2.17 bits per heavy atom. The first-order valence-electron chi connectivity index (χ1n) is 8.58. The lowest BCUT2D eigenvalue weighted by Crippen LogP contribution is -2.40. The molecule has 3 N–H and O–H groups in total. The summed E-state index contributed by atoms with van der Waals surface area (Å²) in [6.45, 7) is -0.590. The second kappa shape index (κ2) is 7.25. The average molecular weight is 417 g/mol. The van der Waals surface area contributed by atoms with Gasteiger partial charge in [-0.2, -0.15) is 4.39 Å². The van der Waals surface area contributed by atoms with Crippen LogP contribution in [0.25, 0.3) is 0 Å². The van der Waals surface area contributed by atoms with Gasteiger partial charge in [-0.1, -0.05) is 23.7 Å². The Bertz CT molecular complexity index is 1130. The maximum Gasteiger partial charge on any atom is 0.274 e. The normalized spacial score (nSPS) is 18.1. The van der Waals surface area contributed by atoms with Crippen LogP contribution in [0.2, 0.25) is 5.02 Å². The van der Waals surface area contributed by atoms with Crippen LogP contribution in [0.1, 0.15) is 21.9 Å². The standard InChI is InChI=1S/C19H15ClF2N6O/c20-13-4-5-14(26-15(13)22)18(29)25-12-3-1-2-11(8-12)19(9-21)10-28-7-6-24-17(28)16(23)27-19/h1-8H,9-10H2,(H2,23,27)(H,25,29). The van der Waals surface area contributed by atoms with Crippen LogP contribution < -0.4 is 11.1 Å². The molecule has 4 rings (SSSR count). The summed E-state index contributed by atoms with van der Waals surface area (Å²) in [5.74, 6) is -0.952. The Labute approximate surface area is 169 Å². The first kappa shape index (κ1) is 19.0. The summed E-state index contributed by atoms with van der Waals surface area (Å²) in [5, 5.41) is 2.44. The number of nitrogens with one attached hydrogen (secondary N) is 1. The van der Waals surface area contributed by atoms with E-state index in [9.17, 15) is 13.6 Å². The molecule has 2 aromatic heterocycles. The van der Waals surface area contributed by atoms with Crippen LogP contribution in [0.3, 0.4) is 0 Å². The molecule has 1 aromatic carbocycles. The van der Waals surface area contributed by atoms with Gasteiger partial charge in [0.25, 0.3) is 5.91 Å². The first-order chi connectivity index (χ1) is 13.9. The van der Waals surface area contributed by atoms with Gasteiger partial charge in [0.05, 0.1) is 11.6 Å². The number of fused-ring (bicyclic) bond motifs is 1. The number of halogens is 3. The van der Waals surface area contributed by atoms with Gasteiger partial charge in [-0.05, 0) is 29.8 Å². The van der Waals surface area contributed by atoms with Gasteiger partial charge in [-0.15, -0.1) is 0 Å². The van der Waals surface area contributed by atoms with Crippen molar-refractivity contribution >= 4 is 29.0 Å². The summed E-state index contributed by atoms with van der Waals surface area (Å²) in [5.41, 5.74) is 5.49. The molecule has 10 heteroatoms. The van der Waals surface area contributed by atoms with Crippen LogP contribution >= 0.6 is 11.6 Å². The minimum atomic E-state index is -1.25. The molecule has 1 aliphatic heterocycles. The van der Waals surface area contributed by atoms with Crippen LogP contribution in [0.4, 0.5) is 14.5 Å². The van der Waals surface area contributed by atoms with E-state index in [0.717, 1.165) is 0 Å². The number of aromatic nitrogens is 3. The number of amides is 1. The topological polar surface area (TPSA) is 98.2 Å². The van der Waals surface area contributed by atoms with Crippen molar-refractivity contribution in [1.82, 2.24) is 14.5 Å². The molecule has 0 saturated carbocycles. The number of carbonyl (C=O) groups excluding carboxylic acids is 1. The van der Waals surface area contributed by atoms with E-state index in [4.69, 9.17) is 17.3 Å². The Morgan fingerprint density at radius 1 is 1.34 bits per heavy atom. The van der Waals surface area contributed by atoms with Gasteiger partial charge in [-0.25, -0.2) is 19.4 Å². The number of nitrogens with zero attached hydrogens (tertiary/aromatic N) is 4. The third kappa shape index (κ3) is 3.44. The van der Waals surface area contributed by atoms with Gasteiger partial charge in [0, 0.05) is 18.1 Å². The van der Waals surface area contributed by atoms with Gasteiger partial charge >= 0.3 is 0 Å². The Morgan fingerprint density at radius 3 is 2.93 bits per heavy atom. The number of pyridine rings is 1. The van der Waals surface area contributed by atoms with Crippen LogP contribution in [0, 0.1) is 5.95 Å². The monoisotopic (exact) mass is 416 g/mol. The molecule has 1 atom stereocenters. The SMILES string of the molecule is NC1=NC(CF)(c2cccc(NC(=O)c3ccc(Cl)c(F)n3)c2)Cn2ccnc21. The van der Waals surface area contributed by atoms with E-state index >= 15 is 0 Å². The number of alkyl halides is 1. The minimum absolute atomic E-state index is 0.133. The molecular weight excluding hydrogens is 402 g/mol. The number of anilines is 1. The highest BCUT2D eigenvalue weighted by Crippen LogP contribution is 2.33. The van der Waals surface area contributed by atoms with Gasteiger partial charge in [-0.3, -0.25) is 4.79 Å². The molecule has 1 unspecified atom stereocenters. The molecule has 0 fully saturated rings. The summed E-state index contributed by atoms with van der Waals surface area (Å²) in [6.07, 6.45) is 3.27. The zero-order chi connectivity index (χ0) is 20.6. The highest BCUT2D eigenvalue weighted by Gasteiger charge is 2.37. The van der Waals surface area contributed by atoms with Crippen molar-refractivity contribution in [2.24, 2.45) is 10.7 Å². The summed E-state index contributed by atoms with van der Waals surface area (Å²) in [7, 11) is 0. The maximum absolute atomic E-state index is 14.2. The lowest BCUT2D eigenvalue weighted by Gasteiger charge is -2.32. The summed E-state index contributed by atoms with van der Waals surface area (Å²) < 4.78 is 29.4. The molecule has 29 heavy (non-hydrogen) atoms. The van der Waals surface area contributed by atoms with Crippen molar-refractivity contribution in [3.63, 3.8) is 0 Å². The third-order valence-corrected chi connectivity index (χ3v) is 4.91. The van der Waals surface area contributed by atoms with Crippen LogP contribution in [-0.4, -0.2) is 33.0 Å². The van der Waals surface area contributed by atoms with E-state index < -0.39 is 24.1 Å². The fourth-order valence-corrected chi connectivity index (χ4v) is 3.30. The lowest BCUT2D eigenvalue weighted by atomic mass is 9.90. The molecule has 0 bridgehead atoms. The van der Waals surface area contributed by atoms with Crippen LogP contribution in [-0.2, 0) is 12.1 Å². The van der Waals surface area contributed by atoms with E-state index in [1.165, 1.54) is 12.1 Å². The molecule has 7 nitrogen and oxygen atoms in total. The van der Waals surface area contributed by atoms with Crippen molar-refractivity contribution in [2.45, 2.75) is 12.1 Å². The predicted molar refractivity (Wildman–Crippen MR) is 104 cm³/mol. The summed E-state index contributed by atoms with van der Waals surface area (Å²) in [6, 6.07) is 9.14.